The third kappa shape index (κ3) is 3.18. The summed E-state index contributed by atoms with van der Waals surface area (Å²) in [6.07, 6.45) is 4.47. The third-order valence-electron chi connectivity index (χ3n) is 6.42. The first-order valence-corrected chi connectivity index (χ1v) is 11.3. The highest BCUT2D eigenvalue weighted by Gasteiger charge is 2.29. The Labute approximate surface area is 185 Å². The highest BCUT2D eigenvalue weighted by atomic mass is 16.1. The summed E-state index contributed by atoms with van der Waals surface area (Å²) >= 11 is 0. The van der Waals surface area contributed by atoms with E-state index < -0.39 is 0 Å². The van der Waals surface area contributed by atoms with Crippen molar-refractivity contribution < 1.29 is 4.79 Å². The average molecular weight is 428 g/mol. The van der Waals surface area contributed by atoms with Crippen LogP contribution in [0, 0.1) is 6.92 Å². The first-order chi connectivity index (χ1) is 15.6. The van der Waals surface area contributed by atoms with Gasteiger partial charge in [0.25, 0.3) is 5.91 Å². The highest BCUT2D eigenvalue weighted by Crippen LogP contribution is 2.40. The van der Waals surface area contributed by atoms with E-state index in [2.05, 4.69) is 15.3 Å². The first kappa shape index (κ1) is 19.2. The van der Waals surface area contributed by atoms with Crippen LogP contribution in [-0.4, -0.2) is 43.7 Å². The Morgan fingerprint density at radius 2 is 1.78 bits per heavy atom. The van der Waals surface area contributed by atoms with E-state index in [1.165, 1.54) is 0 Å². The molecule has 0 unspecified atom stereocenters. The molecule has 32 heavy (non-hydrogen) atoms. The molecule has 0 spiro atoms. The number of anilines is 2. The highest BCUT2D eigenvalue weighted by molar-refractivity contribution is 6.13. The zero-order chi connectivity index (χ0) is 21.8. The first-order valence-electron chi connectivity index (χ1n) is 11.3. The summed E-state index contributed by atoms with van der Waals surface area (Å²) < 4.78 is 1.76. The van der Waals surface area contributed by atoms with Gasteiger partial charge in [-0.15, -0.1) is 0 Å². The van der Waals surface area contributed by atoms with Crippen molar-refractivity contribution in [1.29, 1.82) is 0 Å². The fraction of sp³-hybridized carbons (Fsp3) is 0.375. The minimum Gasteiger partial charge on any atom is -0.354 e. The lowest BCUT2D eigenvalue weighted by molar-refractivity contribution is 0.102. The molecule has 8 heteroatoms. The molecule has 1 amide bonds. The van der Waals surface area contributed by atoms with Gasteiger partial charge in [0.1, 0.15) is 0 Å². The fourth-order valence-corrected chi connectivity index (χ4v) is 4.63. The summed E-state index contributed by atoms with van der Waals surface area (Å²) in [5, 5.41) is 8.41. The second-order valence-corrected chi connectivity index (χ2v) is 8.81. The zero-order valence-corrected chi connectivity index (χ0v) is 18.3. The molecule has 2 fully saturated rings. The minimum absolute atomic E-state index is 0.194. The number of fused-ring (bicyclic) bond motifs is 2. The van der Waals surface area contributed by atoms with Gasteiger partial charge in [0.15, 0.2) is 17.3 Å². The molecule has 1 saturated carbocycles. The van der Waals surface area contributed by atoms with E-state index in [1.807, 2.05) is 44.3 Å². The minimum atomic E-state index is -0.194. The van der Waals surface area contributed by atoms with E-state index in [1.54, 1.807) is 4.68 Å². The van der Waals surface area contributed by atoms with Gasteiger partial charge in [-0.3, -0.25) is 9.48 Å². The van der Waals surface area contributed by atoms with Gasteiger partial charge in [-0.25, -0.2) is 15.0 Å². The maximum absolute atomic E-state index is 13.6. The zero-order valence-electron chi connectivity index (χ0n) is 18.3. The second-order valence-electron chi connectivity index (χ2n) is 8.81. The van der Waals surface area contributed by atoms with Crippen LogP contribution >= 0.6 is 0 Å². The molecule has 1 aliphatic carbocycles. The molecule has 6 rings (SSSR count). The Hall–Kier alpha value is -3.55. The Morgan fingerprint density at radius 3 is 2.50 bits per heavy atom. The van der Waals surface area contributed by atoms with Crippen molar-refractivity contribution in [3.8, 4) is 0 Å². The van der Waals surface area contributed by atoms with Gasteiger partial charge in [-0.1, -0.05) is 12.1 Å². The topological polar surface area (TPSA) is 88.8 Å². The number of amides is 1. The largest absolute Gasteiger partial charge is 0.354 e. The quantitative estimate of drug-likeness (QED) is 0.531. The SMILES string of the molecule is Cc1nn(C)c2nc(C3CC3)cc(C(=O)Nc3nc4ccccc4nc3N3CCCC3)c12. The van der Waals surface area contributed by atoms with Crippen LogP contribution in [0.3, 0.4) is 0 Å². The number of benzene rings is 1. The maximum atomic E-state index is 13.6. The van der Waals surface area contributed by atoms with Gasteiger partial charge >= 0.3 is 0 Å². The second kappa shape index (κ2) is 7.25. The van der Waals surface area contributed by atoms with Gasteiger partial charge in [-0.2, -0.15) is 5.10 Å². The standard InChI is InChI=1S/C24H25N7O/c1-14-20-16(13-19(15-9-10-15)27-22(20)30(2)29-14)24(32)28-21-23(31-11-5-6-12-31)26-18-8-4-3-7-17(18)25-21/h3-4,7-8,13,15H,5-6,9-12H2,1-2H3,(H,25,28,32). The van der Waals surface area contributed by atoms with E-state index in [0.717, 1.165) is 78.0 Å². The van der Waals surface area contributed by atoms with Crippen LogP contribution in [0.25, 0.3) is 22.1 Å². The molecule has 4 heterocycles. The fourth-order valence-electron chi connectivity index (χ4n) is 4.63. The lowest BCUT2D eigenvalue weighted by Crippen LogP contribution is -2.23. The molecular weight excluding hydrogens is 402 g/mol. The molecule has 0 radical (unpaired) electrons. The van der Waals surface area contributed by atoms with Crippen molar-refractivity contribution in [1.82, 2.24) is 24.7 Å². The van der Waals surface area contributed by atoms with Crippen LogP contribution in [0.2, 0.25) is 0 Å². The van der Waals surface area contributed by atoms with E-state index in [4.69, 9.17) is 15.0 Å². The molecule has 1 aliphatic heterocycles. The molecule has 162 valence electrons. The van der Waals surface area contributed by atoms with Gasteiger partial charge in [0.05, 0.1) is 27.7 Å². The van der Waals surface area contributed by atoms with Crippen molar-refractivity contribution in [2.75, 3.05) is 23.3 Å². The number of hydrogen-bond acceptors (Lipinski definition) is 6. The van der Waals surface area contributed by atoms with Crippen LogP contribution in [0.5, 0.6) is 0 Å². The monoisotopic (exact) mass is 427 g/mol. The number of pyridine rings is 1. The molecular formula is C24H25N7O. The number of rotatable bonds is 4. The summed E-state index contributed by atoms with van der Waals surface area (Å²) in [5.41, 5.74) is 4.72. The number of nitrogens with one attached hydrogen (secondary N) is 1. The summed E-state index contributed by atoms with van der Waals surface area (Å²) in [7, 11) is 1.88. The van der Waals surface area contributed by atoms with Crippen LogP contribution in [0.4, 0.5) is 11.6 Å². The number of aryl methyl sites for hydroxylation is 2. The summed E-state index contributed by atoms with van der Waals surface area (Å²) in [4.78, 5) is 30.3. The number of hydrogen-bond donors (Lipinski definition) is 1. The smallest absolute Gasteiger partial charge is 0.257 e. The summed E-state index contributed by atoms with van der Waals surface area (Å²) in [5.74, 6) is 1.49. The number of carbonyl (C=O) groups excluding carboxylic acids is 1. The number of nitrogens with zero attached hydrogens (tertiary/aromatic N) is 6. The van der Waals surface area contributed by atoms with Crippen molar-refractivity contribution in [3.63, 3.8) is 0 Å². The van der Waals surface area contributed by atoms with Crippen molar-refractivity contribution in [2.45, 2.75) is 38.5 Å². The molecule has 8 nitrogen and oxygen atoms in total. The normalized spacial score (nSPS) is 16.2. The summed E-state index contributed by atoms with van der Waals surface area (Å²) in [6.45, 7) is 3.76. The van der Waals surface area contributed by atoms with Gasteiger partial charge < -0.3 is 10.2 Å². The molecule has 0 bridgehead atoms. The molecule has 3 aromatic heterocycles. The lowest BCUT2D eigenvalue weighted by Gasteiger charge is -2.20. The maximum Gasteiger partial charge on any atom is 0.257 e. The van der Waals surface area contributed by atoms with Crippen molar-refractivity contribution >= 4 is 39.6 Å². The molecule has 1 N–H and O–H groups in total. The average Bonchev–Trinajstić information content (AvgIpc) is 3.43. The molecule has 1 aromatic carbocycles. The molecule has 0 atom stereocenters. The number of aromatic nitrogens is 5. The predicted molar refractivity (Wildman–Crippen MR) is 124 cm³/mol. The van der Waals surface area contributed by atoms with Crippen molar-refractivity contribution in [2.24, 2.45) is 7.05 Å². The van der Waals surface area contributed by atoms with E-state index in [9.17, 15) is 4.79 Å². The summed E-state index contributed by atoms with van der Waals surface area (Å²) in [6, 6.07) is 9.72. The predicted octanol–water partition coefficient (Wildman–Crippen LogP) is 3.95. The molecule has 4 aromatic rings. The number of carbonyl (C=O) groups is 1. The molecule has 1 saturated heterocycles. The third-order valence-corrected chi connectivity index (χ3v) is 6.42. The van der Waals surface area contributed by atoms with Crippen LogP contribution < -0.4 is 10.2 Å². The van der Waals surface area contributed by atoms with Crippen molar-refractivity contribution in [3.05, 3.63) is 47.3 Å². The molecule has 2 aliphatic rings. The van der Waals surface area contributed by atoms with Crippen LogP contribution in [-0.2, 0) is 7.05 Å². The van der Waals surface area contributed by atoms with E-state index >= 15 is 0 Å². The Kier molecular flexibility index (Phi) is 4.34. The Morgan fingerprint density at radius 1 is 1.06 bits per heavy atom. The van der Waals surface area contributed by atoms with E-state index in [-0.39, 0.29) is 5.91 Å². The Balaban J connectivity index is 1.46. The van der Waals surface area contributed by atoms with Gasteiger partial charge in [0, 0.05) is 31.7 Å². The number of para-hydroxylation sites is 2. The van der Waals surface area contributed by atoms with E-state index in [0.29, 0.717) is 17.3 Å². The Bertz CT molecular complexity index is 1370. The van der Waals surface area contributed by atoms with Gasteiger partial charge in [0.2, 0.25) is 0 Å². The lowest BCUT2D eigenvalue weighted by atomic mass is 10.1. The van der Waals surface area contributed by atoms with Crippen LogP contribution in [0.15, 0.2) is 30.3 Å². The van der Waals surface area contributed by atoms with Crippen LogP contribution in [0.1, 0.15) is 53.3 Å². The van der Waals surface area contributed by atoms with Gasteiger partial charge in [-0.05, 0) is 50.8 Å².